The number of nitrogens with zero attached hydrogens (tertiary/aromatic N) is 3. The SMILES string of the molecule is Cc1ccnc2c1[nH]c(=S)n2C1CCN(C)C(C)C1. The Bertz CT molecular complexity index is 657. The molecular weight excluding hydrogens is 256 g/mol. The molecule has 0 spiro atoms. The van der Waals surface area contributed by atoms with Gasteiger partial charge in [-0.2, -0.15) is 0 Å². The first-order valence-electron chi connectivity index (χ1n) is 6.84. The number of likely N-dealkylation sites (tertiary alicyclic amines) is 1. The standard InChI is InChI=1S/C14H20N4S/c1-9-4-6-15-13-12(9)16-14(19)18(13)11-5-7-17(3)10(2)8-11/h4,6,10-11H,5,7-8H2,1-3H3,(H,16,19). The Balaban J connectivity index is 2.08. The molecule has 1 aliphatic rings. The highest BCUT2D eigenvalue weighted by Gasteiger charge is 2.26. The molecular formula is C14H20N4S. The highest BCUT2D eigenvalue weighted by atomic mass is 32.1. The minimum atomic E-state index is 0.460. The van der Waals surface area contributed by atoms with E-state index < -0.39 is 0 Å². The molecule has 2 atom stereocenters. The van der Waals surface area contributed by atoms with Crippen LogP contribution in [0.15, 0.2) is 12.3 Å². The molecule has 0 amide bonds. The van der Waals surface area contributed by atoms with Crippen molar-refractivity contribution >= 4 is 23.4 Å². The maximum Gasteiger partial charge on any atom is 0.179 e. The summed E-state index contributed by atoms with van der Waals surface area (Å²) in [6.07, 6.45) is 4.14. The lowest BCUT2D eigenvalue weighted by atomic mass is 9.99. The third-order valence-electron chi connectivity index (χ3n) is 4.36. The van der Waals surface area contributed by atoms with Crippen LogP contribution in [0.1, 0.15) is 31.4 Å². The molecule has 3 heterocycles. The van der Waals surface area contributed by atoms with E-state index in [2.05, 4.69) is 40.3 Å². The third kappa shape index (κ3) is 2.11. The number of imidazole rings is 1. The number of fused-ring (bicyclic) bond motifs is 1. The average molecular weight is 276 g/mol. The van der Waals surface area contributed by atoms with E-state index in [1.807, 2.05) is 12.3 Å². The summed E-state index contributed by atoms with van der Waals surface area (Å²) in [5.41, 5.74) is 3.29. The number of aryl methyl sites for hydroxylation is 1. The summed E-state index contributed by atoms with van der Waals surface area (Å²) in [7, 11) is 2.19. The number of nitrogens with one attached hydrogen (secondary N) is 1. The Morgan fingerprint density at radius 2 is 2.26 bits per heavy atom. The van der Waals surface area contributed by atoms with E-state index in [-0.39, 0.29) is 0 Å². The Kier molecular flexibility index (Phi) is 3.19. The lowest BCUT2D eigenvalue weighted by molar-refractivity contribution is 0.158. The zero-order chi connectivity index (χ0) is 13.6. The number of aromatic nitrogens is 3. The van der Waals surface area contributed by atoms with Crippen molar-refractivity contribution in [1.29, 1.82) is 0 Å². The van der Waals surface area contributed by atoms with Gasteiger partial charge >= 0.3 is 0 Å². The van der Waals surface area contributed by atoms with Gasteiger partial charge in [0.2, 0.25) is 0 Å². The summed E-state index contributed by atoms with van der Waals surface area (Å²) < 4.78 is 3.03. The van der Waals surface area contributed by atoms with Gasteiger partial charge in [0.15, 0.2) is 10.4 Å². The number of hydrogen-bond donors (Lipinski definition) is 1. The van der Waals surface area contributed by atoms with Gasteiger partial charge in [-0.15, -0.1) is 0 Å². The van der Waals surface area contributed by atoms with Crippen molar-refractivity contribution in [3.63, 3.8) is 0 Å². The zero-order valence-electron chi connectivity index (χ0n) is 11.7. The third-order valence-corrected chi connectivity index (χ3v) is 4.66. The molecule has 2 unspecified atom stereocenters. The fraction of sp³-hybridized carbons (Fsp3) is 0.571. The first-order chi connectivity index (χ1) is 9.08. The van der Waals surface area contributed by atoms with Gasteiger partial charge in [-0.25, -0.2) is 4.98 Å². The van der Waals surface area contributed by atoms with E-state index in [9.17, 15) is 0 Å². The van der Waals surface area contributed by atoms with Crippen LogP contribution in [0.4, 0.5) is 0 Å². The molecule has 3 rings (SSSR count). The molecule has 0 aliphatic carbocycles. The van der Waals surface area contributed by atoms with Gasteiger partial charge < -0.3 is 9.88 Å². The number of hydrogen-bond acceptors (Lipinski definition) is 3. The van der Waals surface area contributed by atoms with E-state index in [1.165, 1.54) is 5.56 Å². The quantitative estimate of drug-likeness (QED) is 0.813. The molecule has 5 heteroatoms. The van der Waals surface area contributed by atoms with Gasteiger partial charge in [-0.05, 0) is 57.6 Å². The summed E-state index contributed by atoms with van der Waals surface area (Å²) >= 11 is 5.52. The van der Waals surface area contributed by atoms with Gasteiger partial charge in [0.1, 0.15) is 0 Å². The molecule has 1 aliphatic heterocycles. The van der Waals surface area contributed by atoms with E-state index in [0.717, 1.165) is 35.3 Å². The highest BCUT2D eigenvalue weighted by molar-refractivity contribution is 7.71. The smallest absolute Gasteiger partial charge is 0.179 e. The van der Waals surface area contributed by atoms with Crippen LogP contribution in [-0.2, 0) is 0 Å². The van der Waals surface area contributed by atoms with Crippen molar-refractivity contribution < 1.29 is 0 Å². The summed E-state index contributed by atoms with van der Waals surface area (Å²) in [4.78, 5) is 10.3. The van der Waals surface area contributed by atoms with Crippen LogP contribution in [0.2, 0.25) is 0 Å². The Morgan fingerprint density at radius 3 is 3.00 bits per heavy atom. The van der Waals surface area contributed by atoms with Gasteiger partial charge in [0.05, 0.1) is 5.52 Å². The average Bonchev–Trinajstić information content (AvgIpc) is 2.71. The molecule has 2 aromatic rings. The van der Waals surface area contributed by atoms with Crippen molar-refractivity contribution in [2.75, 3.05) is 13.6 Å². The van der Waals surface area contributed by atoms with Crippen molar-refractivity contribution in [1.82, 2.24) is 19.4 Å². The summed E-state index contributed by atoms with van der Waals surface area (Å²) in [6.45, 7) is 5.49. The summed E-state index contributed by atoms with van der Waals surface area (Å²) in [6, 6.07) is 3.08. The molecule has 1 N–H and O–H groups in total. The second-order valence-corrected chi connectivity index (χ2v) is 6.02. The van der Waals surface area contributed by atoms with Crippen LogP contribution in [0.3, 0.4) is 0 Å². The van der Waals surface area contributed by atoms with Crippen LogP contribution < -0.4 is 0 Å². The molecule has 1 saturated heterocycles. The number of pyridine rings is 1. The van der Waals surface area contributed by atoms with Gasteiger partial charge in [0.25, 0.3) is 0 Å². The highest BCUT2D eigenvalue weighted by Crippen LogP contribution is 2.29. The molecule has 2 aromatic heterocycles. The molecule has 102 valence electrons. The molecule has 0 bridgehead atoms. The molecule has 1 fully saturated rings. The number of aromatic amines is 1. The van der Waals surface area contributed by atoms with Crippen molar-refractivity contribution in [2.24, 2.45) is 0 Å². The van der Waals surface area contributed by atoms with Crippen LogP contribution >= 0.6 is 12.2 Å². The van der Waals surface area contributed by atoms with Crippen molar-refractivity contribution in [3.05, 3.63) is 22.6 Å². The van der Waals surface area contributed by atoms with Crippen LogP contribution in [-0.4, -0.2) is 39.1 Å². The largest absolute Gasteiger partial charge is 0.329 e. The van der Waals surface area contributed by atoms with E-state index >= 15 is 0 Å². The first-order valence-corrected chi connectivity index (χ1v) is 7.25. The predicted molar refractivity (Wildman–Crippen MR) is 80.0 cm³/mol. The first kappa shape index (κ1) is 12.8. The van der Waals surface area contributed by atoms with Crippen molar-refractivity contribution in [3.8, 4) is 0 Å². The van der Waals surface area contributed by atoms with Gasteiger partial charge in [-0.3, -0.25) is 4.57 Å². The van der Waals surface area contributed by atoms with Gasteiger partial charge in [0, 0.05) is 24.8 Å². The van der Waals surface area contributed by atoms with Crippen molar-refractivity contribution in [2.45, 2.75) is 38.8 Å². The van der Waals surface area contributed by atoms with Gasteiger partial charge in [-0.1, -0.05) is 0 Å². The minimum absolute atomic E-state index is 0.460. The normalized spacial score (nSPS) is 25.0. The predicted octanol–water partition coefficient (Wildman–Crippen LogP) is 3.06. The zero-order valence-corrected chi connectivity index (χ0v) is 12.5. The Morgan fingerprint density at radius 1 is 1.47 bits per heavy atom. The maximum absolute atomic E-state index is 5.52. The number of piperidine rings is 1. The molecule has 0 aromatic carbocycles. The summed E-state index contributed by atoms with van der Waals surface area (Å²) in [5.74, 6) is 0. The molecule has 4 nitrogen and oxygen atoms in total. The fourth-order valence-electron chi connectivity index (χ4n) is 2.98. The fourth-order valence-corrected chi connectivity index (χ4v) is 3.32. The van der Waals surface area contributed by atoms with Crippen LogP contribution in [0, 0.1) is 11.7 Å². The second-order valence-electron chi connectivity index (χ2n) is 5.63. The number of rotatable bonds is 1. The van der Waals surface area contributed by atoms with E-state index in [1.54, 1.807) is 0 Å². The molecule has 19 heavy (non-hydrogen) atoms. The lowest BCUT2D eigenvalue weighted by Gasteiger charge is -2.35. The second kappa shape index (κ2) is 4.72. The topological polar surface area (TPSA) is 36.9 Å². The summed E-state index contributed by atoms with van der Waals surface area (Å²) in [5, 5.41) is 0. The molecule has 0 radical (unpaired) electrons. The maximum atomic E-state index is 5.52. The molecule has 0 saturated carbocycles. The Labute approximate surface area is 118 Å². The van der Waals surface area contributed by atoms with E-state index in [4.69, 9.17) is 12.2 Å². The van der Waals surface area contributed by atoms with Crippen LogP contribution in [0.25, 0.3) is 11.2 Å². The lowest BCUT2D eigenvalue weighted by Crippen LogP contribution is -2.38. The minimum Gasteiger partial charge on any atom is -0.329 e. The van der Waals surface area contributed by atoms with Crippen LogP contribution in [0.5, 0.6) is 0 Å². The monoisotopic (exact) mass is 276 g/mol. The van der Waals surface area contributed by atoms with E-state index in [0.29, 0.717) is 12.1 Å². The Hall–Kier alpha value is -1.20. The number of H-pyrrole nitrogens is 1.